The number of rotatable bonds is 6. The molecule has 0 saturated heterocycles. The van der Waals surface area contributed by atoms with Gasteiger partial charge >= 0.3 is 5.97 Å². The fourth-order valence-corrected chi connectivity index (χ4v) is 2.81. The Morgan fingerprint density at radius 1 is 1.28 bits per heavy atom. The van der Waals surface area contributed by atoms with E-state index in [1.165, 1.54) is 0 Å². The van der Waals surface area contributed by atoms with Gasteiger partial charge in [0.15, 0.2) is 11.5 Å². The topological polar surface area (TPSA) is 97.1 Å². The summed E-state index contributed by atoms with van der Waals surface area (Å²) in [6.07, 6.45) is 0.591. The Morgan fingerprint density at radius 2 is 2.08 bits per heavy atom. The quantitative estimate of drug-likeness (QED) is 0.718. The van der Waals surface area contributed by atoms with Crippen LogP contribution in [0.4, 0.5) is 5.82 Å². The largest absolute Gasteiger partial charge is 0.481 e. The van der Waals surface area contributed by atoms with E-state index in [0.29, 0.717) is 12.4 Å². The van der Waals surface area contributed by atoms with Crippen LogP contribution in [-0.4, -0.2) is 31.7 Å². The summed E-state index contributed by atoms with van der Waals surface area (Å²) in [6.45, 7) is 4.74. The SMILES string of the molecule is CCCn1nc(NC(=O)CCC(=O)O)c2cc3cccc(C)c3nc21. The molecule has 3 rings (SSSR count). The predicted molar refractivity (Wildman–Crippen MR) is 95.6 cm³/mol. The summed E-state index contributed by atoms with van der Waals surface area (Å²) < 4.78 is 1.79. The molecule has 130 valence electrons. The highest BCUT2D eigenvalue weighted by Crippen LogP contribution is 2.27. The number of aromatic nitrogens is 3. The number of aryl methyl sites for hydroxylation is 2. The third-order valence-corrected chi connectivity index (χ3v) is 4.01. The number of nitrogens with one attached hydrogen (secondary N) is 1. The molecule has 3 aromatic rings. The zero-order chi connectivity index (χ0) is 18.0. The van der Waals surface area contributed by atoms with Gasteiger partial charge in [0.2, 0.25) is 5.91 Å². The fraction of sp³-hybridized carbons (Fsp3) is 0.333. The van der Waals surface area contributed by atoms with E-state index in [9.17, 15) is 9.59 Å². The normalized spacial score (nSPS) is 11.1. The Kier molecular flexibility index (Phi) is 4.65. The van der Waals surface area contributed by atoms with E-state index in [1.54, 1.807) is 4.68 Å². The molecule has 1 amide bonds. The highest BCUT2D eigenvalue weighted by atomic mass is 16.4. The van der Waals surface area contributed by atoms with Crippen molar-refractivity contribution in [3.8, 4) is 0 Å². The van der Waals surface area contributed by atoms with Gasteiger partial charge in [-0.3, -0.25) is 9.59 Å². The Labute approximate surface area is 144 Å². The standard InChI is InChI=1S/C18H20N4O3/c1-3-9-22-18-13(10-12-6-4-5-11(2)16(12)20-18)17(21-22)19-14(23)7-8-15(24)25/h4-6,10H,3,7-9H2,1-2H3,(H,24,25)(H,19,21,23). The molecular weight excluding hydrogens is 320 g/mol. The van der Waals surface area contributed by atoms with Crippen molar-refractivity contribution in [2.75, 3.05) is 5.32 Å². The molecule has 0 saturated carbocycles. The monoisotopic (exact) mass is 340 g/mol. The minimum Gasteiger partial charge on any atom is -0.481 e. The van der Waals surface area contributed by atoms with Crippen molar-refractivity contribution in [1.82, 2.24) is 14.8 Å². The minimum absolute atomic E-state index is 0.0857. The Bertz CT molecular complexity index is 962. The number of pyridine rings is 1. The zero-order valence-electron chi connectivity index (χ0n) is 14.2. The second kappa shape index (κ2) is 6.88. The first-order valence-corrected chi connectivity index (χ1v) is 8.28. The Balaban J connectivity index is 2.05. The highest BCUT2D eigenvalue weighted by Gasteiger charge is 2.16. The van der Waals surface area contributed by atoms with E-state index in [1.807, 2.05) is 38.1 Å². The lowest BCUT2D eigenvalue weighted by molar-refractivity contribution is -0.138. The molecule has 0 unspecified atom stereocenters. The van der Waals surface area contributed by atoms with Crippen LogP contribution >= 0.6 is 0 Å². The summed E-state index contributed by atoms with van der Waals surface area (Å²) in [5.41, 5.74) is 2.71. The van der Waals surface area contributed by atoms with Crippen LogP contribution in [-0.2, 0) is 16.1 Å². The molecule has 0 fully saturated rings. The lowest BCUT2D eigenvalue weighted by atomic mass is 10.1. The van der Waals surface area contributed by atoms with E-state index in [4.69, 9.17) is 10.1 Å². The smallest absolute Gasteiger partial charge is 0.303 e. The Morgan fingerprint density at radius 3 is 2.80 bits per heavy atom. The predicted octanol–water partition coefficient (Wildman–Crippen LogP) is 3.11. The van der Waals surface area contributed by atoms with Gasteiger partial charge in [0, 0.05) is 18.4 Å². The molecule has 7 nitrogen and oxygen atoms in total. The molecule has 7 heteroatoms. The molecule has 0 aliphatic carbocycles. The van der Waals surface area contributed by atoms with Crippen LogP contribution in [0.3, 0.4) is 0 Å². The van der Waals surface area contributed by atoms with E-state index >= 15 is 0 Å². The number of carboxylic acids is 1. The number of benzene rings is 1. The van der Waals surface area contributed by atoms with Crippen molar-refractivity contribution in [3.05, 3.63) is 29.8 Å². The van der Waals surface area contributed by atoms with Crippen LogP contribution < -0.4 is 5.32 Å². The summed E-state index contributed by atoms with van der Waals surface area (Å²) in [5.74, 6) is -0.941. The molecule has 2 N–H and O–H groups in total. The van der Waals surface area contributed by atoms with E-state index in [-0.39, 0.29) is 18.7 Å². The summed E-state index contributed by atoms with van der Waals surface area (Å²) in [7, 11) is 0. The number of aliphatic carboxylic acids is 1. The molecule has 2 heterocycles. The number of hydrogen-bond donors (Lipinski definition) is 2. The highest BCUT2D eigenvalue weighted by molar-refractivity contribution is 6.03. The van der Waals surface area contributed by atoms with Gasteiger partial charge in [-0.2, -0.15) is 5.10 Å². The molecule has 0 aliphatic rings. The first kappa shape index (κ1) is 16.9. The number of carbonyl (C=O) groups is 2. The van der Waals surface area contributed by atoms with E-state index in [0.717, 1.165) is 33.9 Å². The summed E-state index contributed by atoms with van der Waals surface area (Å²) >= 11 is 0. The minimum atomic E-state index is -1.00. The molecule has 2 aromatic heterocycles. The van der Waals surface area contributed by atoms with Gasteiger partial charge in [-0.1, -0.05) is 25.1 Å². The third-order valence-electron chi connectivity index (χ3n) is 4.01. The van der Waals surface area contributed by atoms with Gasteiger partial charge in [0.1, 0.15) is 0 Å². The summed E-state index contributed by atoms with van der Waals surface area (Å²) in [6, 6.07) is 7.92. The molecule has 0 radical (unpaired) electrons. The number of hydrogen-bond acceptors (Lipinski definition) is 4. The number of amides is 1. The maximum absolute atomic E-state index is 12.0. The van der Waals surface area contributed by atoms with Crippen molar-refractivity contribution in [2.45, 2.75) is 39.7 Å². The van der Waals surface area contributed by atoms with Crippen molar-refractivity contribution >= 4 is 39.6 Å². The van der Waals surface area contributed by atoms with Gasteiger partial charge < -0.3 is 10.4 Å². The van der Waals surface area contributed by atoms with Crippen molar-refractivity contribution in [1.29, 1.82) is 0 Å². The van der Waals surface area contributed by atoms with Gasteiger partial charge in [-0.05, 0) is 25.0 Å². The van der Waals surface area contributed by atoms with Crippen LogP contribution in [0.5, 0.6) is 0 Å². The second-order valence-corrected chi connectivity index (χ2v) is 6.02. The molecule has 0 spiro atoms. The summed E-state index contributed by atoms with van der Waals surface area (Å²) in [5, 5.41) is 17.6. The number of carboxylic acid groups (broad SMARTS) is 1. The van der Waals surface area contributed by atoms with Crippen LogP contribution in [0.2, 0.25) is 0 Å². The number of anilines is 1. The van der Waals surface area contributed by atoms with E-state index < -0.39 is 5.97 Å². The molecule has 0 bridgehead atoms. The van der Waals surface area contributed by atoms with Crippen LogP contribution in [0, 0.1) is 6.92 Å². The maximum Gasteiger partial charge on any atom is 0.303 e. The number of nitrogens with zero attached hydrogens (tertiary/aromatic N) is 3. The van der Waals surface area contributed by atoms with Gasteiger partial charge in [-0.25, -0.2) is 9.67 Å². The lowest BCUT2D eigenvalue weighted by Gasteiger charge is -2.04. The lowest BCUT2D eigenvalue weighted by Crippen LogP contribution is -2.14. The van der Waals surface area contributed by atoms with Gasteiger partial charge in [-0.15, -0.1) is 0 Å². The average molecular weight is 340 g/mol. The molecular formula is C18H20N4O3. The van der Waals surface area contributed by atoms with Gasteiger partial charge in [0.25, 0.3) is 0 Å². The van der Waals surface area contributed by atoms with Crippen LogP contribution in [0.15, 0.2) is 24.3 Å². The second-order valence-electron chi connectivity index (χ2n) is 6.02. The van der Waals surface area contributed by atoms with Gasteiger partial charge in [0.05, 0.1) is 17.3 Å². The third kappa shape index (κ3) is 3.45. The zero-order valence-corrected chi connectivity index (χ0v) is 14.2. The molecule has 0 aliphatic heterocycles. The van der Waals surface area contributed by atoms with E-state index in [2.05, 4.69) is 10.4 Å². The first-order chi connectivity index (χ1) is 12.0. The van der Waals surface area contributed by atoms with Crippen molar-refractivity contribution in [2.24, 2.45) is 0 Å². The van der Waals surface area contributed by atoms with Crippen molar-refractivity contribution < 1.29 is 14.7 Å². The van der Waals surface area contributed by atoms with Crippen LogP contribution in [0.1, 0.15) is 31.7 Å². The molecule has 0 atom stereocenters. The molecule has 1 aromatic carbocycles. The fourth-order valence-electron chi connectivity index (χ4n) is 2.81. The number of carbonyl (C=O) groups excluding carboxylic acids is 1. The average Bonchev–Trinajstić information content (AvgIpc) is 2.89. The number of para-hydroxylation sites is 1. The number of fused-ring (bicyclic) bond motifs is 2. The van der Waals surface area contributed by atoms with Crippen LogP contribution in [0.25, 0.3) is 21.9 Å². The first-order valence-electron chi connectivity index (χ1n) is 8.28. The molecule has 25 heavy (non-hydrogen) atoms. The summed E-state index contributed by atoms with van der Waals surface area (Å²) in [4.78, 5) is 27.4. The van der Waals surface area contributed by atoms with Crippen molar-refractivity contribution in [3.63, 3.8) is 0 Å². The Hall–Kier alpha value is -2.96. The maximum atomic E-state index is 12.0.